The van der Waals surface area contributed by atoms with Crippen molar-refractivity contribution in [1.82, 2.24) is 19.5 Å². The molecule has 2 rings (SSSR count). The lowest BCUT2D eigenvalue weighted by molar-refractivity contribution is 0.577. The van der Waals surface area contributed by atoms with Gasteiger partial charge in [-0.1, -0.05) is 0 Å². The molecule has 0 bridgehead atoms. The first-order chi connectivity index (χ1) is 8.49. The fraction of sp³-hybridized carbons (Fsp3) is 0.200. The first kappa shape index (κ1) is 12.5. The number of nitrogens with one attached hydrogen (secondary N) is 1. The van der Waals surface area contributed by atoms with Crippen LogP contribution in [0.1, 0.15) is 5.69 Å². The van der Waals surface area contributed by atoms with E-state index in [4.69, 9.17) is 5.73 Å². The Balaban J connectivity index is 2.16. The van der Waals surface area contributed by atoms with Gasteiger partial charge in [0.2, 0.25) is 10.0 Å². The molecule has 0 saturated heterocycles. The molecule has 2 heterocycles. The highest BCUT2D eigenvalue weighted by Gasteiger charge is 2.14. The number of nitrogen functional groups attached to an aromatic ring is 1. The summed E-state index contributed by atoms with van der Waals surface area (Å²) in [7, 11) is -1.84. The summed E-state index contributed by atoms with van der Waals surface area (Å²) in [6, 6.07) is 4.44. The van der Waals surface area contributed by atoms with Crippen LogP contribution in [0.25, 0.3) is 0 Å². The zero-order valence-corrected chi connectivity index (χ0v) is 10.6. The quantitative estimate of drug-likeness (QED) is 0.803. The average Bonchev–Trinajstić information content (AvgIpc) is 2.72. The van der Waals surface area contributed by atoms with Gasteiger partial charge in [0.15, 0.2) is 0 Å². The summed E-state index contributed by atoms with van der Waals surface area (Å²) in [4.78, 5) is 3.84. The number of sulfonamides is 1. The van der Waals surface area contributed by atoms with Gasteiger partial charge in [-0.05, 0) is 12.1 Å². The molecule has 0 radical (unpaired) electrons. The van der Waals surface area contributed by atoms with Crippen molar-refractivity contribution < 1.29 is 8.42 Å². The number of nitrogens with two attached hydrogens (primary N) is 1. The van der Waals surface area contributed by atoms with Crippen LogP contribution in [0, 0.1) is 0 Å². The van der Waals surface area contributed by atoms with Crippen LogP contribution < -0.4 is 10.5 Å². The van der Waals surface area contributed by atoms with E-state index in [-0.39, 0.29) is 17.3 Å². The van der Waals surface area contributed by atoms with E-state index < -0.39 is 10.0 Å². The Morgan fingerprint density at radius 2 is 2.17 bits per heavy atom. The van der Waals surface area contributed by atoms with Gasteiger partial charge in [-0.2, -0.15) is 5.10 Å². The molecule has 2 aromatic rings. The molecule has 18 heavy (non-hydrogen) atoms. The van der Waals surface area contributed by atoms with E-state index >= 15 is 0 Å². The van der Waals surface area contributed by atoms with Crippen LogP contribution >= 0.6 is 0 Å². The summed E-state index contributed by atoms with van der Waals surface area (Å²) in [5.74, 6) is 0.165. The van der Waals surface area contributed by atoms with Crippen molar-refractivity contribution in [2.75, 3.05) is 5.73 Å². The lowest BCUT2D eigenvalue weighted by Gasteiger charge is -2.07. The van der Waals surface area contributed by atoms with E-state index in [9.17, 15) is 8.42 Å². The second kappa shape index (κ2) is 4.75. The average molecular weight is 267 g/mol. The summed E-state index contributed by atoms with van der Waals surface area (Å²) >= 11 is 0. The number of nitrogens with zero attached hydrogens (tertiary/aromatic N) is 3. The molecule has 0 amide bonds. The molecule has 0 aromatic carbocycles. The van der Waals surface area contributed by atoms with E-state index in [1.807, 2.05) is 0 Å². The maximum Gasteiger partial charge on any atom is 0.241 e. The van der Waals surface area contributed by atoms with Gasteiger partial charge in [-0.25, -0.2) is 18.1 Å². The van der Waals surface area contributed by atoms with E-state index in [0.29, 0.717) is 0 Å². The molecular weight excluding hydrogens is 254 g/mol. The van der Waals surface area contributed by atoms with Gasteiger partial charge in [0.25, 0.3) is 0 Å². The molecule has 0 aliphatic carbocycles. The number of hydrogen-bond acceptors (Lipinski definition) is 5. The topological polar surface area (TPSA) is 103 Å². The zero-order valence-electron chi connectivity index (χ0n) is 9.74. The lowest BCUT2D eigenvalue weighted by atomic mass is 10.4. The minimum atomic E-state index is -3.59. The molecule has 96 valence electrons. The molecule has 7 nitrogen and oxygen atoms in total. The van der Waals surface area contributed by atoms with Crippen LogP contribution in [0.15, 0.2) is 35.5 Å². The number of pyridine rings is 1. The SMILES string of the molecule is Cn1nccc1CNS(=O)(=O)c1ccnc(N)c1. The normalized spacial score (nSPS) is 11.6. The number of anilines is 1. The number of rotatable bonds is 4. The molecule has 0 spiro atoms. The molecule has 0 fully saturated rings. The van der Waals surface area contributed by atoms with Crippen LogP contribution in [0.5, 0.6) is 0 Å². The maximum absolute atomic E-state index is 12.0. The molecule has 0 unspecified atom stereocenters. The highest BCUT2D eigenvalue weighted by atomic mass is 32.2. The molecule has 3 N–H and O–H groups in total. The third-order valence-electron chi connectivity index (χ3n) is 2.43. The Kier molecular flexibility index (Phi) is 3.30. The third kappa shape index (κ3) is 2.66. The first-order valence-corrected chi connectivity index (χ1v) is 6.65. The second-order valence-electron chi connectivity index (χ2n) is 3.69. The monoisotopic (exact) mass is 267 g/mol. The number of aryl methyl sites for hydroxylation is 1. The highest BCUT2D eigenvalue weighted by Crippen LogP contribution is 2.10. The number of hydrogen-bond donors (Lipinski definition) is 2. The van der Waals surface area contributed by atoms with Crippen LogP contribution in [0.2, 0.25) is 0 Å². The van der Waals surface area contributed by atoms with Crippen molar-refractivity contribution in [3.8, 4) is 0 Å². The minimum absolute atomic E-state index is 0.0946. The van der Waals surface area contributed by atoms with E-state index in [1.54, 1.807) is 24.0 Å². The van der Waals surface area contributed by atoms with Crippen molar-refractivity contribution in [2.24, 2.45) is 7.05 Å². The Morgan fingerprint density at radius 3 is 2.78 bits per heavy atom. The van der Waals surface area contributed by atoms with Crippen molar-refractivity contribution in [2.45, 2.75) is 11.4 Å². The van der Waals surface area contributed by atoms with Gasteiger partial charge >= 0.3 is 0 Å². The Bertz CT molecular complexity index is 650. The standard InChI is InChI=1S/C10H13N5O2S/c1-15-8(2-5-13-15)7-14-18(16,17)9-3-4-12-10(11)6-9/h2-6,14H,7H2,1H3,(H2,11,12). The van der Waals surface area contributed by atoms with Crippen LogP contribution in [0.4, 0.5) is 5.82 Å². The van der Waals surface area contributed by atoms with Crippen molar-refractivity contribution in [3.05, 3.63) is 36.3 Å². The minimum Gasteiger partial charge on any atom is -0.384 e. The molecule has 0 aliphatic heterocycles. The molecule has 8 heteroatoms. The summed E-state index contributed by atoms with van der Waals surface area (Å²) in [6.45, 7) is 0.168. The van der Waals surface area contributed by atoms with Crippen LogP contribution in [-0.4, -0.2) is 23.2 Å². The summed E-state index contributed by atoms with van der Waals surface area (Å²) in [6.07, 6.45) is 2.96. The van der Waals surface area contributed by atoms with E-state index in [1.165, 1.54) is 18.3 Å². The smallest absolute Gasteiger partial charge is 0.241 e. The summed E-state index contributed by atoms with van der Waals surface area (Å²) < 4.78 is 28.0. The second-order valence-corrected chi connectivity index (χ2v) is 5.45. The summed E-state index contributed by atoms with van der Waals surface area (Å²) in [5, 5.41) is 3.96. The lowest BCUT2D eigenvalue weighted by Crippen LogP contribution is -2.24. The van der Waals surface area contributed by atoms with E-state index in [2.05, 4.69) is 14.8 Å². The van der Waals surface area contributed by atoms with E-state index in [0.717, 1.165) is 5.69 Å². The fourth-order valence-corrected chi connectivity index (χ4v) is 2.44. The Morgan fingerprint density at radius 1 is 1.39 bits per heavy atom. The molecular formula is C10H13N5O2S. The Labute approximate surface area is 105 Å². The maximum atomic E-state index is 12.0. The predicted octanol–water partition coefficient (Wildman–Crippen LogP) is -0.124. The van der Waals surface area contributed by atoms with Crippen LogP contribution in [0.3, 0.4) is 0 Å². The number of aromatic nitrogens is 3. The predicted molar refractivity (Wildman–Crippen MR) is 65.9 cm³/mol. The zero-order chi connectivity index (χ0) is 13.2. The fourth-order valence-electron chi connectivity index (χ4n) is 1.42. The third-order valence-corrected chi connectivity index (χ3v) is 3.83. The molecule has 0 atom stereocenters. The Hall–Kier alpha value is -1.93. The van der Waals surface area contributed by atoms with Gasteiger partial charge in [0, 0.05) is 25.5 Å². The largest absolute Gasteiger partial charge is 0.384 e. The summed E-state index contributed by atoms with van der Waals surface area (Å²) in [5.41, 5.74) is 6.22. The van der Waals surface area contributed by atoms with Crippen molar-refractivity contribution in [1.29, 1.82) is 0 Å². The van der Waals surface area contributed by atoms with Gasteiger partial charge in [0.1, 0.15) is 5.82 Å². The van der Waals surface area contributed by atoms with Gasteiger partial charge in [-0.3, -0.25) is 4.68 Å². The van der Waals surface area contributed by atoms with Gasteiger partial charge < -0.3 is 5.73 Å². The van der Waals surface area contributed by atoms with Gasteiger partial charge in [-0.15, -0.1) is 0 Å². The van der Waals surface area contributed by atoms with Crippen LogP contribution in [-0.2, 0) is 23.6 Å². The molecule has 2 aromatic heterocycles. The van der Waals surface area contributed by atoms with Gasteiger partial charge in [0.05, 0.1) is 17.1 Å². The molecule has 0 aliphatic rings. The first-order valence-electron chi connectivity index (χ1n) is 5.17. The van der Waals surface area contributed by atoms with Crippen molar-refractivity contribution >= 4 is 15.8 Å². The van der Waals surface area contributed by atoms with Crippen molar-refractivity contribution in [3.63, 3.8) is 0 Å². The highest BCUT2D eigenvalue weighted by molar-refractivity contribution is 7.89. The molecule has 0 saturated carbocycles.